The Balaban J connectivity index is 1.79. The van der Waals surface area contributed by atoms with Gasteiger partial charge in [0, 0.05) is 6.54 Å². The highest BCUT2D eigenvalue weighted by Crippen LogP contribution is 2.12. The smallest absolute Gasteiger partial charge is 0.234 e. The lowest BCUT2D eigenvalue weighted by atomic mass is 10.2. The number of likely N-dealkylation sites (N-methyl/N-ethyl adjacent to an activating group) is 1. The van der Waals surface area contributed by atoms with E-state index in [1.54, 1.807) is 6.26 Å². The van der Waals surface area contributed by atoms with Crippen LogP contribution in [-0.2, 0) is 11.3 Å². The molecule has 1 amide bonds. The van der Waals surface area contributed by atoms with Crippen molar-refractivity contribution in [2.24, 2.45) is 0 Å². The van der Waals surface area contributed by atoms with Crippen molar-refractivity contribution in [3.63, 3.8) is 0 Å². The molecule has 1 heterocycles. The zero-order chi connectivity index (χ0) is 14.4. The number of furan rings is 1. The summed E-state index contributed by atoms with van der Waals surface area (Å²) in [5.74, 6) is 0.761. The van der Waals surface area contributed by atoms with Crippen LogP contribution in [0.2, 0.25) is 0 Å². The van der Waals surface area contributed by atoms with Crippen LogP contribution in [0.3, 0.4) is 0 Å². The molecule has 4 nitrogen and oxygen atoms in total. The summed E-state index contributed by atoms with van der Waals surface area (Å²) in [5, 5.41) is 2.92. The van der Waals surface area contributed by atoms with Gasteiger partial charge in [0.2, 0.25) is 5.91 Å². The first-order valence-electron chi connectivity index (χ1n) is 6.70. The minimum absolute atomic E-state index is 0.00710. The molecule has 20 heavy (non-hydrogen) atoms. The van der Waals surface area contributed by atoms with Gasteiger partial charge in [-0.15, -0.1) is 0 Å². The summed E-state index contributed by atoms with van der Waals surface area (Å²) in [6, 6.07) is 13.7. The van der Waals surface area contributed by atoms with Gasteiger partial charge < -0.3 is 9.73 Å². The molecular weight excluding hydrogens is 252 g/mol. The first kappa shape index (κ1) is 14.3. The molecule has 1 unspecified atom stereocenters. The monoisotopic (exact) mass is 272 g/mol. The van der Waals surface area contributed by atoms with Gasteiger partial charge in [0.05, 0.1) is 18.8 Å². The van der Waals surface area contributed by atoms with E-state index in [9.17, 15) is 4.79 Å². The Morgan fingerprint density at radius 2 is 2.00 bits per heavy atom. The molecule has 0 bridgehead atoms. The molecule has 1 N–H and O–H groups in total. The number of nitrogens with one attached hydrogen (secondary N) is 1. The quantitative estimate of drug-likeness (QED) is 0.879. The lowest BCUT2D eigenvalue weighted by molar-refractivity contribution is -0.122. The molecule has 2 aromatic rings. The van der Waals surface area contributed by atoms with E-state index < -0.39 is 0 Å². The number of carbonyl (C=O) groups is 1. The second-order valence-electron chi connectivity index (χ2n) is 4.96. The van der Waals surface area contributed by atoms with E-state index in [0.29, 0.717) is 6.54 Å². The number of hydrogen-bond donors (Lipinski definition) is 1. The summed E-state index contributed by atoms with van der Waals surface area (Å²) < 4.78 is 5.27. The predicted octanol–water partition coefficient (Wildman–Crippen LogP) is 2.59. The Labute approximate surface area is 119 Å². The highest BCUT2D eigenvalue weighted by atomic mass is 16.3. The summed E-state index contributed by atoms with van der Waals surface area (Å²) >= 11 is 0. The molecule has 1 aromatic carbocycles. The van der Waals surface area contributed by atoms with Crippen LogP contribution in [0.15, 0.2) is 53.1 Å². The van der Waals surface area contributed by atoms with E-state index in [1.807, 2.05) is 49.2 Å². The number of rotatable bonds is 6. The molecular formula is C16H20N2O2. The van der Waals surface area contributed by atoms with E-state index in [2.05, 4.69) is 17.4 Å². The van der Waals surface area contributed by atoms with Crippen molar-refractivity contribution in [1.29, 1.82) is 0 Å². The third kappa shape index (κ3) is 4.24. The SMILES string of the molecule is CC(NC(=O)CN(C)Cc1ccccc1)c1ccco1. The van der Waals surface area contributed by atoms with Crippen molar-refractivity contribution in [2.45, 2.75) is 19.5 Å². The Bertz CT molecular complexity index is 523. The molecule has 0 radical (unpaired) electrons. The van der Waals surface area contributed by atoms with E-state index in [-0.39, 0.29) is 11.9 Å². The summed E-state index contributed by atoms with van der Waals surface area (Å²) in [6.07, 6.45) is 1.61. The molecule has 106 valence electrons. The largest absolute Gasteiger partial charge is 0.467 e. The minimum Gasteiger partial charge on any atom is -0.467 e. The van der Waals surface area contributed by atoms with Gasteiger partial charge in [0.1, 0.15) is 5.76 Å². The molecule has 1 atom stereocenters. The maximum absolute atomic E-state index is 12.0. The predicted molar refractivity (Wildman–Crippen MR) is 78.0 cm³/mol. The van der Waals surface area contributed by atoms with Crippen LogP contribution < -0.4 is 5.32 Å². The van der Waals surface area contributed by atoms with Gasteiger partial charge in [-0.1, -0.05) is 30.3 Å². The van der Waals surface area contributed by atoms with Crippen LogP contribution in [-0.4, -0.2) is 24.4 Å². The van der Waals surface area contributed by atoms with Crippen molar-refractivity contribution in [2.75, 3.05) is 13.6 Å². The topological polar surface area (TPSA) is 45.5 Å². The Hall–Kier alpha value is -2.07. The number of carbonyl (C=O) groups excluding carboxylic acids is 1. The number of nitrogens with zero attached hydrogens (tertiary/aromatic N) is 1. The lowest BCUT2D eigenvalue weighted by Crippen LogP contribution is -2.36. The Kier molecular flexibility index (Phi) is 4.96. The molecule has 2 rings (SSSR count). The fraction of sp³-hybridized carbons (Fsp3) is 0.312. The van der Waals surface area contributed by atoms with Crippen molar-refractivity contribution < 1.29 is 9.21 Å². The molecule has 0 saturated heterocycles. The maximum atomic E-state index is 12.0. The van der Waals surface area contributed by atoms with E-state index >= 15 is 0 Å². The molecule has 0 aliphatic carbocycles. The Morgan fingerprint density at radius 1 is 1.25 bits per heavy atom. The normalized spacial score (nSPS) is 12.3. The van der Waals surface area contributed by atoms with Crippen LogP contribution >= 0.6 is 0 Å². The number of benzene rings is 1. The molecule has 0 saturated carbocycles. The van der Waals surface area contributed by atoms with Gasteiger partial charge in [0.15, 0.2) is 0 Å². The van der Waals surface area contributed by atoms with Crippen LogP contribution in [0.4, 0.5) is 0 Å². The van der Waals surface area contributed by atoms with Crippen molar-refractivity contribution in [3.8, 4) is 0 Å². The van der Waals surface area contributed by atoms with Gasteiger partial charge in [-0.05, 0) is 31.7 Å². The van der Waals surface area contributed by atoms with E-state index in [4.69, 9.17) is 4.42 Å². The molecule has 1 aromatic heterocycles. The first-order valence-corrected chi connectivity index (χ1v) is 6.70. The van der Waals surface area contributed by atoms with Crippen LogP contribution in [0.1, 0.15) is 24.3 Å². The average molecular weight is 272 g/mol. The molecule has 0 aliphatic rings. The fourth-order valence-electron chi connectivity index (χ4n) is 2.09. The lowest BCUT2D eigenvalue weighted by Gasteiger charge is -2.18. The second kappa shape index (κ2) is 6.91. The van der Waals surface area contributed by atoms with Crippen molar-refractivity contribution in [1.82, 2.24) is 10.2 Å². The van der Waals surface area contributed by atoms with E-state index in [1.165, 1.54) is 5.56 Å². The third-order valence-electron chi connectivity index (χ3n) is 3.06. The third-order valence-corrected chi connectivity index (χ3v) is 3.06. The summed E-state index contributed by atoms with van der Waals surface area (Å²) in [7, 11) is 1.93. The molecule has 0 spiro atoms. The van der Waals surface area contributed by atoms with Crippen molar-refractivity contribution in [3.05, 3.63) is 60.1 Å². The van der Waals surface area contributed by atoms with Gasteiger partial charge in [-0.25, -0.2) is 0 Å². The average Bonchev–Trinajstić information content (AvgIpc) is 2.93. The van der Waals surface area contributed by atoms with Gasteiger partial charge in [-0.3, -0.25) is 9.69 Å². The summed E-state index contributed by atoms with van der Waals surface area (Å²) in [4.78, 5) is 13.9. The molecule has 0 fully saturated rings. The fourth-order valence-corrected chi connectivity index (χ4v) is 2.09. The molecule has 0 aliphatic heterocycles. The number of hydrogen-bond acceptors (Lipinski definition) is 3. The van der Waals surface area contributed by atoms with Crippen LogP contribution in [0, 0.1) is 0 Å². The summed E-state index contributed by atoms with van der Waals surface area (Å²) in [5.41, 5.74) is 1.20. The standard InChI is InChI=1S/C16H20N2O2/c1-13(15-9-6-10-20-15)17-16(19)12-18(2)11-14-7-4-3-5-8-14/h3-10,13H,11-12H2,1-2H3,(H,17,19). The summed E-state index contributed by atoms with van der Waals surface area (Å²) in [6.45, 7) is 3.03. The molecule has 4 heteroatoms. The Morgan fingerprint density at radius 3 is 2.65 bits per heavy atom. The highest BCUT2D eigenvalue weighted by molar-refractivity contribution is 5.78. The van der Waals surface area contributed by atoms with Gasteiger partial charge >= 0.3 is 0 Å². The highest BCUT2D eigenvalue weighted by Gasteiger charge is 2.13. The van der Waals surface area contributed by atoms with Crippen molar-refractivity contribution >= 4 is 5.91 Å². The zero-order valence-corrected chi connectivity index (χ0v) is 11.9. The maximum Gasteiger partial charge on any atom is 0.234 e. The van der Waals surface area contributed by atoms with Crippen LogP contribution in [0.25, 0.3) is 0 Å². The minimum atomic E-state index is -0.109. The number of amides is 1. The second-order valence-corrected chi connectivity index (χ2v) is 4.96. The van der Waals surface area contributed by atoms with Gasteiger partial charge in [0.25, 0.3) is 0 Å². The zero-order valence-electron chi connectivity index (χ0n) is 11.9. The van der Waals surface area contributed by atoms with Crippen LogP contribution in [0.5, 0.6) is 0 Å². The van der Waals surface area contributed by atoms with Gasteiger partial charge in [-0.2, -0.15) is 0 Å². The first-order chi connectivity index (χ1) is 9.65. The van der Waals surface area contributed by atoms with E-state index in [0.717, 1.165) is 12.3 Å².